The largest absolute Gasteiger partial charge is 0.511 e. The molecule has 1 N–H and O–H groups in total. The third-order valence-corrected chi connectivity index (χ3v) is 2.84. The number of carbonyl (C=O) groups excluding carboxylic acids is 1. The van der Waals surface area contributed by atoms with Gasteiger partial charge in [-0.15, -0.1) is 0 Å². The number of rotatable bonds is 5. The van der Waals surface area contributed by atoms with Crippen molar-refractivity contribution in [2.45, 2.75) is 40.0 Å². The number of aliphatic hydroxyl groups excluding tert-OH is 1. The lowest BCUT2D eigenvalue weighted by atomic mass is 9.75. The molecule has 0 bridgehead atoms. The van der Waals surface area contributed by atoms with E-state index < -0.39 is 0 Å². The van der Waals surface area contributed by atoms with Gasteiger partial charge in [0.25, 0.3) is 0 Å². The van der Waals surface area contributed by atoms with Crippen molar-refractivity contribution in [3.05, 3.63) is 24.0 Å². The quantitative estimate of drug-likeness (QED) is 0.353. The Bertz CT molecular complexity index is 405. The van der Waals surface area contributed by atoms with Gasteiger partial charge in [0.1, 0.15) is 12.4 Å². The highest BCUT2D eigenvalue weighted by Gasteiger charge is 2.34. The van der Waals surface area contributed by atoms with Crippen LogP contribution < -0.4 is 0 Å². The lowest BCUT2D eigenvalue weighted by Crippen LogP contribution is -2.29. The third-order valence-electron chi connectivity index (χ3n) is 2.84. The molecule has 1 aliphatic rings. The van der Waals surface area contributed by atoms with E-state index in [2.05, 4.69) is 11.7 Å². The molecule has 0 amide bonds. The molecule has 0 aliphatic heterocycles. The van der Waals surface area contributed by atoms with Crippen LogP contribution >= 0.6 is 0 Å². The maximum absolute atomic E-state index is 12.1. The first kappa shape index (κ1) is 14.5. The minimum atomic E-state index is -0.189. The molecule has 0 aromatic heterocycles. The van der Waals surface area contributed by atoms with Gasteiger partial charge >= 0.3 is 0 Å². The Kier molecular flexibility index (Phi) is 4.70. The van der Waals surface area contributed by atoms with E-state index in [9.17, 15) is 9.90 Å². The Morgan fingerprint density at radius 1 is 1.56 bits per heavy atom. The smallest absolute Gasteiger partial charge is 0.168 e. The van der Waals surface area contributed by atoms with Gasteiger partial charge in [-0.2, -0.15) is 0 Å². The number of hydrogen-bond acceptors (Lipinski definition) is 4. The molecule has 4 heteroatoms. The molecule has 0 spiro atoms. The standard InChI is InChI=1S/C14H21NO3/c1-5-7-18-15-10(6-2)13-11(16)8-14(3,4)9-12(13)17/h5,16H,1,6-9H2,2-4H3/b15-10-. The Hall–Kier alpha value is -1.58. The lowest BCUT2D eigenvalue weighted by molar-refractivity contribution is -0.118. The molecule has 0 saturated carbocycles. The van der Waals surface area contributed by atoms with Crippen LogP contribution in [-0.2, 0) is 9.63 Å². The zero-order valence-corrected chi connectivity index (χ0v) is 11.3. The lowest BCUT2D eigenvalue weighted by Gasteiger charge is -2.29. The molecule has 0 saturated heterocycles. The molecule has 100 valence electrons. The first-order valence-electron chi connectivity index (χ1n) is 6.16. The first-order chi connectivity index (χ1) is 8.41. The zero-order chi connectivity index (χ0) is 13.8. The SMILES string of the molecule is C=CCO/N=C(/CC)C1=C(O)CC(C)(C)CC1=O. The summed E-state index contributed by atoms with van der Waals surface area (Å²) in [6.45, 7) is 9.62. The molecule has 0 atom stereocenters. The molecule has 18 heavy (non-hydrogen) atoms. The van der Waals surface area contributed by atoms with E-state index in [0.717, 1.165) is 0 Å². The number of carbonyl (C=O) groups is 1. The predicted octanol–water partition coefficient (Wildman–Crippen LogP) is 3.16. The average Bonchev–Trinajstić information content (AvgIpc) is 2.24. The third kappa shape index (κ3) is 3.45. The highest BCUT2D eigenvalue weighted by atomic mass is 16.6. The summed E-state index contributed by atoms with van der Waals surface area (Å²) >= 11 is 0. The molecule has 1 rings (SSSR count). The number of nitrogens with zero attached hydrogens (tertiary/aromatic N) is 1. The maximum atomic E-state index is 12.1. The van der Waals surface area contributed by atoms with Gasteiger partial charge in [0.2, 0.25) is 0 Å². The van der Waals surface area contributed by atoms with E-state index in [1.807, 2.05) is 20.8 Å². The van der Waals surface area contributed by atoms with Gasteiger partial charge in [-0.05, 0) is 11.8 Å². The number of Topliss-reactive ketones (excluding diaryl/α,β-unsaturated/α-hetero) is 1. The van der Waals surface area contributed by atoms with Crippen LogP contribution in [0.4, 0.5) is 0 Å². The Balaban J connectivity index is 3.01. The van der Waals surface area contributed by atoms with Crippen LogP contribution in [0.25, 0.3) is 0 Å². The Labute approximate surface area is 108 Å². The molecule has 0 fully saturated rings. The van der Waals surface area contributed by atoms with E-state index >= 15 is 0 Å². The molecule has 0 aromatic carbocycles. The fraction of sp³-hybridized carbons (Fsp3) is 0.571. The number of allylic oxidation sites excluding steroid dienone is 2. The molecule has 0 heterocycles. The highest BCUT2D eigenvalue weighted by Crippen LogP contribution is 2.36. The van der Waals surface area contributed by atoms with E-state index in [1.54, 1.807) is 6.08 Å². The number of hydrogen-bond donors (Lipinski definition) is 1. The summed E-state index contributed by atoms with van der Waals surface area (Å²) in [4.78, 5) is 17.1. The van der Waals surface area contributed by atoms with Crippen molar-refractivity contribution >= 4 is 11.5 Å². The molecule has 0 unspecified atom stereocenters. The van der Waals surface area contributed by atoms with Crippen molar-refractivity contribution in [2.24, 2.45) is 10.6 Å². The normalized spacial score (nSPS) is 19.9. The summed E-state index contributed by atoms with van der Waals surface area (Å²) in [6.07, 6.45) is 3.04. The van der Waals surface area contributed by atoms with Crippen LogP contribution in [0.2, 0.25) is 0 Å². The van der Waals surface area contributed by atoms with Crippen molar-refractivity contribution < 1.29 is 14.7 Å². The van der Waals surface area contributed by atoms with Crippen LogP contribution in [0, 0.1) is 5.41 Å². The van der Waals surface area contributed by atoms with E-state index in [-0.39, 0.29) is 23.6 Å². The molecular formula is C14H21NO3. The Morgan fingerprint density at radius 3 is 2.72 bits per heavy atom. The van der Waals surface area contributed by atoms with Gasteiger partial charge in [0, 0.05) is 12.8 Å². The summed E-state index contributed by atoms with van der Waals surface area (Å²) in [6, 6.07) is 0. The van der Waals surface area contributed by atoms with Crippen molar-refractivity contribution in [1.29, 1.82) is 0 Å². The van der Waals surface area contributed by atoms with E-state index in [4.69, 9.17) is 4.84 Å². The fourth-order valence-electron chi connectivity index (χ4n) is 2.07. The fourth-order valence-corrected chi connectivity index (χ4v) is 2.07. The second-order valence-electron chi connectivity index (χ2n) is 5.24. The molecule has 0 radical (unpaired) electrons. The highest BCUT2D eigenvalue weighted by molar-refractivity contribution is 6.23. The van der Waals surface area contributed by atoms with Gasteiger partial charge in [-0.25, -0.2) is 0 Å². The summed E-state index contributed by atoms with van der Waals surface area (Å²) in [7, 11) is 0. The monoisotopic (exact) mass is 251 g/mol. The summed E-state index contributed by atoms with van der Waals surface area (Å²) in [5.74, 6) is 0.0607. The summed E-state index contributed by atoms with van der Waals surface area (Å²) < 4.78 is 0. The number of ketones is 1. The van der Waals surface area contributed by atoms with Gasteiger partial charge < -0.3 is 9.94 Å². The maximum Gasteiger partial charge on any atom is 0.168 e. The van der Waals surface area contributed by atoms with Crippen LogP contribution in [0.3, 0.4) is 0 Å². The molecule has 4 nitrogen and oxygen atoms in total. The minimum Gasteiger partial charge on any atom is -0.511 e. The topological polar surface area (TPSA) is 58.9 Å². The molecule has 0 aromatic rings. The molecule has 1 aliphatic carbocycles. The zero-order valence-electron chi connectivity index (χ0n) is 11.3. The van der Waals surface area contributed by atoms with Crippen LogP contribution in [0.1, 0.15) is 40.0 Å². The van der Waals surface area contributed by atoms with Crippen LogP contribution in [0.5, 0.6) is 0 Å². The van der Waals surface area contributed by atoms with E-state index in [1.165, 1.54) is 0 Å². The van der Waals surface area contributed by atoms with Gasteiger partial charge in [0.15, 0.2) is 5.78 Å². The van der Waals surface area contributed by atoms with Gasteiger partial charge in [-0.3, -0.25) is 4.79 Å². The minimum absolute atomic E-state index is 0.0634. The number of oxime groups is 1. The summed E-state index contributed by atoms with van der Waals surface area (Å²) in [5.41, 5.74) is 0.654. The van der Waals surface area contributed by atoms with Crippen molar-refractivity contribution in [2.75, 3.05) is 6.61 Å². The van der Waals surface area contributed by atoms with E-state index in [0.29, 0.717) is 30.5 Å². The van der Waals surface area contributed by atoms with Crippen molar-refractivity contribution in [3.63, 3.8) is 0 Å². The average molecular weight is 251 g/mol. The van der Waals surface area contributed by atoms with Crippen molar-refractivity contribution in [3.8, 4) is 0 Å². The van der Waals surface area contributed by atoms with Crippen LogP contribution in [-0.4, -0.2) is 23.2 Å². The van der Waals surface area contributed by atoms with Gasteiger partial charge in [-0.1, -0.05) is 38.6 Å². The second-order valence-corrected chi connectivity index (χ2v) is 5.24. The van der Waals surface area contributed by atoms with Gasteiger partial charge in [0.05, 0.1) is 11.3 Å². The molecular weight excluding hydrogens is 230 g/mol. The van der Waals surface area contributed by atoms with Crippen LogP contribution in [0.15, 0.2) is 29.1 Å². The summed E-state index contributed by atoms with van der Waals surface area (Å²) in [5, 5.41) is 13.9. The second kappa shape index (κ2) is 5.85. The number of aliphatic hydroxyl groups is 1. The Morgan fingerprint density at radius 2 is 2.22 bits per heavy atom. The first-order valence-corrected chi connectivity index (χ1v) is 6.16. The predicted molar refractivity (Wildman–Crippen MR) is 71.6 cm³/mol. The van der Waals surface area contributed by atoms with Crippen molar-refractivity contribution in [1.82, 2.24) is 0 Å².